The van der Waals surface area contributed by atoms with Crippen LogP contribution in [0.2, 0.25) is 0 Å². The van der Waals surface area contributed by atoms with Gasteiger partial charge in [0.1, 0.15) is 5.01 Å². The number of piperazine rings is 3. The van der Waals surface area contributed by atoms with Crippen molar-refractivity contribution in [2.45, 2.75) is 51.2 Å². The minimum atomic E-state index is 0.530. The maximum Gasteiger partial charge on any atom is 0.112 e. The van der Waals surface area contributed by atoms with Crippen LogP contribution in [0.1, 0.15) is 54.2 Å². The predicted molar refractivity (Wildman–Crippen MR) is 86.8 cm³/mol. The molecule has 1 saturated carbocycles. The normalized spacial score (nSPS) is 32.0. The second-order valence-electron chi connectivity index (χ2n) is 7.02. The fraction of sp³-hybridized carbons (Fsp3) is 0.812. The molecule has 4 heterocycles. The van der Waals surface area contributed by atoms with Crippen LogP contribution < -0.4 is 5.32 Å². The van der Waals surface area contributed by atoms with Crippen LogP contribution in [0.15, 0.2) is 0 Å². The number of rotatable bonds is 5. The highest BCUT2D eigenvalue weighted by molar-refractivity contribution is 7.11. The zero-order valence-electron chi connectivity index (χ0n) is 13.1. The third kappa shape index (κ3) is 2.89. The van der Waals surface area contributed by atoms with Gasteiger partial charge in [-0.2, -0.15) is 0 Å². The molecule has 21 heavy (non-hydrogen) atoms. The molecular weight excluding hydrogens is 280 g/mol. The van der Waals surface area contributed by atoms with Gasteiger partial charge in [-0.05, 0) is 18.8 Å². The van der Waals surface area contributed by atoms with Gasteiger partial charge in [0.25, 0.3) is 0 Å². The molecule has 5 heteroatoms. The molecule has 1 N–H and O–H groups in total. The molecule has 1 aromatic rings. The van der Waals surface area contributed by atoms with Crippen LogP contribution >= 0.6 is 11.3 Å². The topological polar surface area (TPSA) is 31.4 Å². The Labute approximate surface area is 131 Å². The highest BCUT2D eigenvalue weighted by Gasteiger charge is 2.35. The maximum absolute atomic E-state index is 5.06. The van der Waals surface area contributed by atoms with Crippen molar-refractivity contribution in [2.75, 3.05) is 32.7 Å². The monoisotopic (exact) mass is 306 g/mol. The van der Waals surface area contributed by atoms with E-state index in [2.05, 4.69) is 29.0 Å². The predicted octanol–water partition coefficient (Wildman–Crippen LogP) is 2.19. The molecule has 3 saturated heterocycles. The number of nitrogens with one attached hydrogen (secondary N) is 1. The molecule has 0 aromatic carbocycles. The third-order valence-corrected chi connectivity index (χ3v) is 6.16. The van der Waals surface area contributed by atoms with Crippen molar-refractivity contribution >= 4 is 11.3 Å². The number of hydrogen-bond donors (Lipinski definition) is 1. The lowest BCUT2D eigenvalue weighted by Gasteiger charge is -2.46. The molecule has 1 aliphatic carbocycles. The van der Waals surface area contributed by atoms with E-state index in [4.69, 9.17) is 4.98 Å². The molecule has 0 radical (unpaired) electrons. The third-order valence-electron chi connectivity index (χ3n) is 4.98. The summed E-state index contributed by atoms with van der Waals surface area (Å²) >= 11 is 1.96. The summed E-state index contributed by atoms with van der Waals surface area (Å²) in [5.74, 6) is 0.530. The molecule has 1 unspecified atom stereocenters. The van der Waals surface area contributed by atoms with Crippen molar-refractivity contribution in [3.63, 3.8) is 0 Å². The van der Waals surface area contributed by atoms with E-state index < -0.39 is 0 Å². The molecule has 0 spiro atoms. The first-order valence-corrected chi connectivity index (χ1v) is 9.21. The lowest BCUT2D eigenvalue weighted by atomic mass is 10.1. The first-order chi connectivity index (χ1) is 10.2. The number of nitrogens with zero attached hydrogens (tertiary/aromatic N) is 3. The maximum atomic E-state index is 5.06. The Morgan fingerprint density at radius 3 is 2.57 bits per heavy atom. The van der Waals surface area contributed by atoms with Gasteiger partial charge < -0.3 is 5.32 Å². The van der Waals surface area contributed by atoms with Crippen LogP contribution in [0.3, 0.4) is 0 Å². The van der Waals surface area contributed by atoms with Crippen LogP contribution in [0, 0.1) is 0 Å². The molecule has 4 fully saturated rings. The van der Waals surface area contributed by atoms with Gasteiger partial charge in [-0.1, -0.05) is 13.8 Å². The van der Waals surface area contributed by atoms with Crippen molar-refractivity contribution in [3.05, 3.63) is 15.6 Å². The lowest BCUT2D eigenvalue weighted by Crippen LogP contribution is -2.56. The Morgan fingerprint density at radius 1 is 1.24 bits per heavy atom. The molecule has 0 amide bonds. The van der Waals surface area contributed by atoms with Gasteiger partial charge in [0.15, 0.2) is 0 Å². The van der Waals surface area contributed by atoms with Crippen LogP contribution in [0.4, 0.5) is 0 Å². The molecule has 1 aromatic heterocycles. The molecule has 2 bridgehead atoms. The Balaban J connectivity index is 1.55. The molecule has 116 valence electrons. The summed E-state index contributed by atoms with van der Waals surface area (Å²) in [5.41, 5.74) is 1.33. The van der Waals surface area contributed by atoms with Crippen molar-refractivity contribution < 1.29 is 0 Å². The largest absolute Gasteiger partial charge is 0.309 e. The summed E-state index contributed by atoms with van der Waals surface area (Å²) in [6.45, 7) is 11.7. The summed E-state index contributed by atoms with van der Waals surface area (Å²) in [7, 11) is 0. The molecule has 1 atom stereocenters. The van der Waals surface area contributed by atoms with Crippen LogP contribution in [0.5, 0.6) is 0 Å². The van der Waals surface area contributed by atoms with Crippen LogP contribution in [-0.4, -0.2) is 53.5 Å². The van der Waals surface area contributed by atoms with Gasteiger partial charge in [0.2, 0.25) is 0 Å². The number of fused-ring (bicyclic) bond motifs is 3. The quantitative estimate of drug-likeness (QED) is 0.903. The highest BCUT2D eigenvalue weighted by atomic mass is 32.1. The van der Waals surface area contributed by atoms with E-state index >= 15 is 0 Å². The van der Waals surface area contributed by atoms with Crippen LogP contribution in [-0.2, 0) is 6.54 Å². The molecular formula is C16H26N4S. The summed E-state index contributed by atoms with van der Waals surface area (Å²) in [6.07, 6.45) is 2.71. The van der Waals surface area contributed by atoms with Gasteiger partial charge in [-0.15, -0.1) is 11.3 Å². The van der Waals surface area contributed by atoms with Gasteiger partial charge in [0, 0.05) is 50.2 Å². The molecule has 5 rings (SSSR count). The summed E-state index contributed by atoms with van der Waals surface area (Å²) in [4.78, 5) is 11.8. The van der Waals surface area contributed by atoms with Crippen LogP contribution in [0.25, 0.3) is 0 Å². The zero-order chi connectivity index (χ0) is 14.4. The summed E-state index contributed by atoms with van der Waals surface area (Å²) in [6, 6.07) is 1.32. The lowest BCUT2D eigenvalue weighted by molar-refractivity contribution is 0.0122. The first-order valence-electron chi connectivity index (χ1n) is 8.40. The summed E-state index contributed by atoms with van der Waals surface area (Å²) < 4.78 is 0. The highest BCUT2D eigenvalue weighted by Crippen LogP contribution is 2.35. The minimum Gasteiger partial charge on any atom is -0.309 e. The van der Waals surface area contributed by atoms with Crippen molar-refractivity contribution in [2.24, 2.45) is 0 Å². The first kappa shape index (κ1) is 14.1. The fourth-order valence-corrected chi connectivity index (χ4v) is 4.78. The van der Waals surface area contributed by atoms with E-state index in [1.165, 1.54) is 61.1 Å². The van der Waals surface area contributed by atoms with Crippen molar-refractivity contribution in [1.29, 1.82) is 0 Å². The smallest absolute Gasteiger partial charge is 0.112 e. The minimum absolute atomic E-state index is 0.530. The zero-order valence-corrected chi connectivity index (χ0v) is 14.0. The van der Waals surface area contributed by atoms with E-state index in [9.17, 15) is 0 Å². The Kier molecular flexibility index (Phi) is 3.78. The second kappa shape index (κ2) is 5.61. The second-order valence-corrected chi connectivity index (χ2v) is 8.14. The Morgan fingerprint density at radius 2 is 2.00 bits per heavy atom. The average Bonchev–Trinajstić information content (AvgIpc) is 3.23. The van der Waals surface area contributed by atoms with Gasteiger partial charge in [-0.3, -0.25) is 9.80 Å². The Hall–Kier alpha value is -0.490. The average molecular weight is 306 g/mol. The number of thiazole rings is 1. The SMILES string of the molecule is CC(C)c1nc(C2CN3CCN2CC3)sc1CNC1CC1. The van der Waals surface area contributed by atoms with Gasteiger partial charge >= 0.3 is 0 Å². The van der Waals surface area contributed by atoms with Gasteiger partial charge in [-0.25, -0.2) is 4.98 Å². The van der Waals surface area contributed by atoms with E-state index in [0.717, 1.165) is 12.6 Å². The molecule has 4 nitrogen and oxygen atoms in total. The van der Waals surface area contributed by atoms with E-state index in [0.29, 0.717) is 12.0 Å². The van der Waals surface area contributed by atoms with E-state index in [1.54, 1.807) is 0 Å². The van der Waals surface area contributed by atoms with Gasteiger partial charge in [0.05, 0.1) is 11.7 Å². The van der Waals surface area contributed by atoms with Crippen molar-refractivity contribution in [3.8, 4) is 0 Å². The Bertz CT molecular complexity index is 500. The molecule has 4 aliphatic rings. The fourth-order valence-electron chi connectivity index (χ4n) is 3.48. The summed E-state index contributed by atoms with van der Waals surface area (Å²) in [5, 5.41) is 5.02. The number of aromatic nitrogens is 1. The van der Waals surface area contributed by atoms with E-state index in [-0.39, 0.29) is 0 Å². The standard InChI is InChI=1S/C16H26N4S/c1-11(2)15-14(9-17-12-3-4-12)21-16(18-15)13-10-19-5-7-20(13)8-6-19/h11-13,17H,3-10H2,1-2H3. The van der Waals surface area contributed by atoms with E-state index in [1.807, 2.05) is 11.3 Å². The van der Waals surface area contributed by atoms with Crippen molar-refractivity contribution in [1.82, 2.24) is 20.1 Å². The number of hydrogen-bond acceptors (Lipinski definition) is 5. The molecule has 3 aliphatic heterocycles.